The molecule has 2 aromatic heterocycles. The minimum Gasteiger partial charge on any atom is -0.456 e. The quantitative estimate of drug-likeness (QED) is 0.286. The van der Waals surface area contributed by atoms with Gasteiger partial charge in [0.2, 0.25) is 0 Å². The van der Waals surface area contributed by atoms with Gasteiger partial charge in [-0.15, -0.1) is 0 Å². The number of furan rings is 2. The second-order valence-corrected chi connectivity index (χ2v) is 8.04. The molecular weight excluding hydrogens is 404 g/mol. The Morgan fingerprint density at radius 2 is 0.935 bits per heavy atom. The standard InChI is InChI=1S/C28H17ClO2/c29-24-11-9-18(10-12-24)21-13-22(27-16-19-5-1-3-7-25(19)30-27)15-23(14-21)28-17-20-6-2-4-8-26(20)31-28/h1-17H. The lowest BCUT2D eigenvalue weighted by Crippen LogP contribution is -1.84. The highest BCUT2D eigenvalue weighted by atomic mass is 35.5. The van der Waals surface area contributed by atoms with E-state index in [0.717, 1.165) is 60.7 Å². The van der Waals surface area contributed by atoms with Gasteiger partial charge in [0.05, 0.1) is 0 Å². The molecule has 6 rings (SSSR count). The lowest BCUT2D eigenvalue weighted by Gasteiger charge is -2.08. The molecule has 2 nitrogen and oxygen atoms in total. The normalized spacial score (nSPS) is 11.4. The predicted molar refractivity (Wildman–Crippen MR) is 127 cm³/mol. The molecule has 148 valence electrons. The molecule has 3 heteroatoms. The molecule has 0 fully saturated rings. The minimum absolute atomic E-state index is 0.717. The highest BCUT2D eigenvalue weighted by Gasteiger charge is 2.13. The monoisotopic (exact) mass is 420 g/mol. The van der Waals surface area contributed by atoms with Crippen molar-refractivity contribution in [3.8, 4) is 33.8 Å². The van der Waals surface area contributed by atoms with Crippen LogP contribution in [0, 0.1) is 0 Å². The Balaban J connectivity index is 1.57. The van der Waals surface area contributed by atoms with E-state index in [0.29, 0.717) is 0 Å². The maximum Gasteiger partial charge on any atom is 0.135 e. The molecule has 0 saturated heterocycles. The van der Waals surface area contributed by atoms with Crippen molar-refractivity contribution in [2.45, 2.75) is 0 Å². The number of rotatable bonds is 3. The molecule has 2 heterocycles. The Bertz CT molecular complexity index is 1380. The van der Waals surface area contributed by atoms with Crippen molar-refractivity contribution in [1.29, 1.82) is 0 Å². The first-order valence-electron chi connectivity index (χ1n) is 10.1. The molecule has 0 aliphatic carbocycles. The fourth-order valence-corrected chi connectivity index (χ4v) is 4.10. The smallest absolute Gasteiger partial charge is 0.135 e. The summed E-state index contributed by atoms with van der Waals surface area (Å²) in [5.74, 6) is 1.66. The first kappa shape index (κ1) is 18.1. The number of para-hydroxylation sites is 2. The zero-order valence-electron chi connectivity index (χ0n) is 16.5. The number of benzene rings is 4. The molecule has 4 aromatic carbocycles. The molecule has 0 saturated carbocycles. The van der Waals surface area contributed by atoms with Crippen LogP contribution in [0.25, 0.3) is 55.7 Å². The van der Waals surface area contributed by atoms with Gasteiger partial charge >= 0.3 is 0 Å². The van der Waals surface area contributed by atoms with Crippen molar-refractivity contribution in [2.24, 2.45) is 0 Å². The predicted octanol–water partition coefficient (Wildman–Crippen LogP) is 8.83. The van der Waals surface area contributed by atoms with Crippen LogP contribution in [0.3, 0.4) is 0 Å². The summed E-state index contributed by atoms with van der Waals surface area (Å²) in [6, 6.07) is 34.6. The number of hydrogen-bond donors (Lipinski definition) is 0. The third-order valence-corrected chi connectivity index (χ3v) is 5.78. The van der Waals surface area contributed by atoms with Crippen LogP contribution in [0.15, 0.2) is 112 Å². The lowest BCUT2D eigenvalue weighted by atomic mass is 9.97. The third-order valence-electron chi connectivity index (χ3n) is 5.53. The average molecular weight is 421 g/mol. The molecule has 0 amide bonds. The molecule has 0 N–H and O–H groups in total. The molecule has 0 aliphatic heterocycles. The van der Waals surface area contributed by atoms with Crippen LogP contribution in [0.4, 0.5) is 0 Å². The second kappa shape index (κ2) is 7.19. The van der Waals surface area contributed by atoms with Crippen LogP contribution in [0.5, 0.6) is 0 Å². The van der Waals surface area contributed by atoms with E-state index >= 15 is 0 Å². The molecule has 0 atom stereocenters. The van der Waals surface area contributed by atoms with Gasteiger partial charge in [-0.2, -0.15) is 0 Å². The molecule has 6 aromatic rings. The topological polar surface area (TPSA) is 26.3 Å². The van der Waals surface area contributed by atoms with Gasteiger partial charge in [0.25, 0.3) is 0 Å². The maximum atomic E-state index is 6.16. The van der Waals surface area contributed by atoms with Crippen molar-refractivity contribution in [2.75, 3.05) is 0 Å². The summed E-state index contributed by atoms with van der Waals surface area (Å²) in [6.07, 6.45) is 0. The van der Waals surface area contributed by atoms with E-state index in [1.165, 1.54) is 0 Å². The van der Waals surface area contributed by atoms with E-state index in [9.17, 15) is 0 Å². The zero-order chi connectivity index (χ0) is 20.8. The molecule has 0 aliphatic rings. The van der Waals surface area contributed by atoms with Gasteiger partial charge < -0.3 is 8.83 Å². The molecule has 0 bridgehead atoms. The van der Waals surface area contributed by atoms with Crippen molar-refractivity contribution < 1.29 is 8.83 Å². The molecule has 0 radical (unpaired) electrons. The summed E-state index contributed by atoms with van der Waals surface area (Å²) in [7, 11) is 0. The van der Waals surface area contributed by atoms with Gasteiger partial charge in [-0.1, -0.05) is 60.1 Å². The van der Waals surface area contributed by atoms with E-state index in [1.807, 2.05) is 60.7 Å². The van der Waals surface area contributed by atoms with Crippen LogP contribution in [0.1, 0.15) is 0 Å². The summed E-state index contributed by atoms with van der Waals surface area (Å²) < 4.78 is 12.3. The highest BCUT2D eigenvalue weighted by Crippen LogP contribution is 2.37. The Morgan fingerprint density at radius 1 is 0.452 bits per heavy atom. The van der Waals surface area contributed by atoms with Crippen molar-refractivity contribution in [3.63, 3.8) is 0 Å². The van der Waals surface area contributed by atoms with Gasteiger partial charge in [-0.05, 0) is 65.7 Å². The second-order valence-electron chi connectivity index (χ2n) is 7.60. The fourth-order valence-electron chi connectivity index (χ4n) is 3.97. The van der Waals surface area contributed by atoms with E-state index < -0.39 is 0 Å². The Kier molecular flexibility index (Phi) is 4.19. The molecule has 31 heavy (non-hydrogen) atoms. The van der Waals surface area contributed by atoms with E-state index in [2.05, 4.69) is 42.5 Å². The van der Waals surface area contributed by atoms with Gasteiger partial charge in [-0.25, -0.2) is 0 Å². The zero-order valence-corrected chi connectivity index (χ0v) is 17.3. The van der Waals surface area contributed by atoms with Crippen molar-refractivity contribution in [1.82, 2.24) is 0 Å². The van der Waals surface area contributed by atoms with E-state index in [1.54, 1.807) is 0 Å². The first-order chi connectivity index (χ1) is 15.2. The fraction of sp³-hybridized carbons (Fsp3) is 0. The van der Waals surface area contributed by atoms with E-state index in [4.69, 9.17) is 20.4 Å². The largest absolute Gasteiger partial charge is 0.456 e. The van der Waals surface area contributed by atoms with E-state index in [-0.39, 0.29) is 0 Å². The summed E-state index contributed by atoms with van der Waals surface area (Å²) in [5.41, 5.74) is 5.90. The van der Waals surface area contributed by atoms with Crippen LogP contribution < -0.4 is 0 Å². The maximum absolute atomic E-state index is 6.16. The van der Waals surface area contributed by atoms with Crippen molar-refractivity contribution >= 4 is 33.5 Å². The van der Waals surface area contributed by atoms with Crippen LogP contribution in [-0.4, -0.2) is 0 Å². The summed E-state index contributed by atoms with van der Waals surface area (Å²) in [5, 5.41) is 2.88. The van der Waals surface area contributed by atoms with Crippen LogP contribution in [-0.2, 0) is 0 Å². The Morgan fingerprint density at radius 3 is 1.45 bits per heavy atom. The minimum atomic E-state index is 0.717. The van der Waals surface area contributed by atoms with Gasteiger partial charge in [0.1, 0.15) is 22.7 Å². The molecular formula is C28H17ClO2. The Hall–Kier alpha value is -3.75. The van der Waals surface area contributed by atoms with Gasteiger partial charge in [0, 0.05) is 26.9 Å². The van der Waals surface area contributed by atoms with Gasteiger partial charge in [-0.3, -0.25) is 0 Å². The summed E-state index contributed by atoms with van der Waals surface area (Å²) >= 11 is 6.11. The molecule has 0 spiro atoms. The lowest BCUT2D eigenvalue weighted by molar-refractivity contribution is 0.629. The third kappa shape index (κ3) is 3.31. The van der Waals surface area contributed by atoms with Gasteiger partial charge in [0.15, 0.2) is 0 Å². The Labute approximate surface area is 184 Å². The van der Waals surface area contributed by atoms with Crippen LogP contribution in [0.2, 0.25) is 5.02 Å². The average Bonchev–Trinajstić information content (AvgIpc) is 3.44. The van der Waals surface area contributed by atoms with Crippen LogP contribution >= 0.6 is 11.6 Å². The van der Waals surface area contributed by atoms with Crippen molar-refractivity contribution in [3.05, 3.63) is 108 Å². The number of hydrogen-bond acceptors (Lipinski definition) is 2. The SMILES string of the molecule is Clc1ccc(-c2cc(-c3cc4ccccc4o3)cc(-c3cc4ccccc4o3)c2)cc1. The summed E-state index contributed by atoms with van der Waals surface area (Å²) in [6.45, 7) is 0. The summed E-state index contributed by atoms with van der Waals surface area (Å²) in [4.78, 5) is 0. The first-order valence-corrected chi connectivity index (χ1v) is 10.5. The molecule has 0 unspecified atom stereocenters. The number of fused-ring (bicyclic) bond motifs is 2. The number of halogens is 1. The highest BCUT2D eigenvalue weighted by molar-refractivity contribution is 6.30.